The van der Waals surface area contributed by atoms with E-state index in [4.69, 9.17) is 14.4 Å². The van der Waals surface area contributed by atoms with E-state index in [0.29, 0.717) is 0 Å². The van der Waals surface area contributed by atoms with Crippen LogP contribution in [0.1, 0.15) is 0 Å². The zero-order valence-electron chi connectivity index (χ0n) is 2.63. The van der Waals surface area contributed by atoms with Gasteiger partial charge in [-0.1, -0.05) is 4.53 Å². The summed E-state index contributed by atoms with van der Waals surface area (Å²) >= 11 is 0. The Labute approximate surface area is 80.4 Å². The fourth-order valence-corrected chi connectivity index (χ4v) is 0. The third-order valence-corrected chi connectivity index (χ3v) is 0.311. The molecule has 0 unspecified atom stereocenters. The second kappa shape index (κ2) is 4.44. The minimum atomic E-state index is -4.80. The van der Waals surface area contributed by atoms with E-state index in [-0.39, 0.29) is 48.9 Å². The Kier molecular flexibility index (Phi) is 7.21. The van der Waals surface area contributed by atoms with E-state index in [2.05, 4.69) is 4.63 Å². The van der Waals surface area contributed by atoms with Gasteiger partial charge in [0.25, 0.3) is 0 Å². The van der Waals surface area contributed by atoms with Crippen molar-refractivity contribution in [2.45, 2.75) is 0 Å². The Morgan fingerprint density at radius 1 is 1.29 bits per heavy atom. The Morgan fingerprint density at radius 2 is 1.43 bits per heavy atom. The Balaban J connectivity index is 0. The third kappa shape index (κ3) is 11.2. The molecular formula is H5BaFO4Si. The van der Waals surface area contributed by atoms with Crippen LogP contribution in [0.3, 0.4) is 0 Å². The minimum absolute atomic E-state index is 0. The topological polar surface area (TPSA) is 69.9 Å². The van der Waals surface area contributed by atoms with Gasteiger partial charge in [0.2, 0.25) is 0 Å². The molecule has 0 amide bonds. The van der Waals surface area contributed by atoms with Crippen LogP contribution in [0.25, 0.3) is 0 Å². The van der Waals surface area contributed by atoms with Gasteiger partial charge < -0.3 is 14.4 Å². The molecule has 0 saturated carbocycles. The summed E-state index contributed by atoms with van der Waals surface area (Å²) in [5.74, 6) is 0. The van der Waals surface area contributed by atoms with Crippen LogP contribution in [-0.4, -0.2) is 72.3 Å². The Bertz CT molecular complexity index is 41.4. The van der Waals surface area contributed by atoms with E-state index in [1.165, 1.54) is 0 Å². The molecule has 0 bridgehead atoms. The summed E-state index contributed by atoms with van der Waals surface area (Å²) in [6.45, 7) is 0. The first-order valence-electron chi connectivity index (χ1n) is 1.03. The predicted molar refractivity (Wildman–Crippen MR) is 23.1 cm³/mol. The fraction of sp³-hybridized carbons (Fsp3) is 0. The summed E-state index contributed by atoms with van der Waals surface area (Å²) in [6, 6.07) is 0. The summed E-state index contributed by atoms with van der Waals surface area (Å²) in [5, 5.41) is 0. The molecule has 0 spiro atoms. The zero-order valence-corrected chi connectivity index (χ0v) is 3.63. The summed E-state index contributed by atoms with van der Waals surface area (Å²) < 4.78 is 12.6. The maximum absolute atomic E-state index is 10.3. The van der Waals surface area contributed by atoms with Crippen molar-refractivity contribution in [3.05, 3.63) is 0 Å². The van der Waals surface area contributed by atoms with Gasteiger partial charge in [-0.3, -0.25) is 0 Å². The molecule has 3 N–H and O–H groups in total. The second-order valence-electron chi connectivity index (χ2n) is 0.651. The Hall–Kier alpha value is 1.56. The number of halogens is 1. The molecule has 4 nitrogen and oxygen atoms in total. The number of hydrogen-bond acceptors (Lipinski definition) is 4. The van der Waals surface area contributed by atoms with Crippen LogP contribution in [-0.2, 0) is 4.63 Å². The van der Waals surface area contributed by atoms with Gasteiger partial charge in [0.15, 0.2) is 0 Å². The number of hydrogen-bond donors (Lipinski definition) is 3. The molecule has 0 heterocycles. The van der Waals surface area contributed by atoms with Crippen molar-refractivity contribution in [2.24, 2.45) is 0 Å². The molecule has 0 aliphatic heterocycles. The van der Waals surface area contributed by atoms with Gasteiger partial charge in [0.1, 0.15) is 0 Å². The number of rotatable bonds is 1. The summed E-state index contributed by atoms with van der Waals surface area (Å²) in [5.41, 5.74) is 0. The van der Waals surface area contributed by atoms with Crippen molar-refractivity contribution in [1.29, 1.82) is 0 Å². The van der Waals surface area contributed by atoms with Gasteiger partial charge in [0.05, 0.1) is 0 Å². The van der Waals surface area contributed by atoms with Gasteiger partial charge in [-0.15, -0.1) is 0 Å². The molecule has 0 aliphatic carbocycles. The van der Waals surface area contributed by atoms with E-state index >= 15 is 0 Å². The fourth-order valence-electron chi connectivity index (χ4n) is 0. The van der Waals surface area contributed by atoms with Crippen LogP contribution >= 0.6 is 0 Å². The van der Waals surface area contributed by atoms with Gasteiger partial charge in [-0.25, -0.2) is 0 Å². The van der Waals surface area contributed by atoms with Crippen LogP contribution < -0.4 is 0 Å². The van der Waals surface area contributed by atoms with Crippen molar-refractivity contribution in [1.82, 2.24) is 0 Å². The van der Waals surface area contributed by atoms with Crippen LogP contribution in [0, 0.1) is 0 Å². The molecular weight excluding hydrogens is 248 g/mol. The molecule has 0 fully saturated rings. The molecule has 0 aliphatic rings. The van der Waals surface area contributed by atoms with Crippen molar-refractivity contribution in [3.8, 4) is 0 Å². The van der Waals surface area contributed by atoms with Gasteiger partial charge >= 0.3 is 57.9 Å². The predicted octanol–water partition coefficient (Wildman–Crippen LogP) is -2.62. The molecule has 0 aromatic rings. The SMILES string of the molecule is O[Si](O)(O)OF.[BaH2]. The van der Waals surface area contributed by atoms with Gasteiger partial charge in [-0.05, 0) is 0 Å². The molecule has 7 heavy (non-hydrogen) atoms. The van der Waals surface area contributed by atoms with Crippen molar-refractivity contribution >= 4 is 57.9 Å². The summed E-state index contributed by atoms with van der Waals surface area (Å²) in [7, 11) is -4.80. The standard InChI is InChI=1S/Ba.FH3O4Si.2H/c;1-5-6(2,3)4;;/h;2-4H;;. The van der Waals surface area contributed by atoms with Crippen molar-refractivity contribution in [2.75, 3.05) is 0 Å². The zero-order chi connectivity index (χ0) is 5.21. The molecule has 0 rings (SSSR count). The molecule has 0 atom stereocenters. The molecule has 0 aromatic heterocycles. The Morgan fingerprint density at radius 3 is 1.43 bits per heavy atom. The van der Waals surface area contributed by atoms with Crippen LogP contribution in [0.15, 0.2) is 0 Å². The van der Waals surface area contributed by atoms with Crippen LogP contribution in [0.2, 0.25) is 0 Å². The van der Waals surface area contributed by atoms with Gasteiger partial charge in [-0.2, -0.15) is 4.63 Å². The first-order chi connectivity index (χ1) is 2.56. The molecule has 0 aromatic carbocycles. The van der Waals surface area contributed by atoms with Crippen molar-refractivity contribution < 1.29 is 23.5 Å². The molecule has 7 heteroatoms. The quantitative estimate of drug-likeness (QED) is 0.448. The average Bonchev–Trinajstić information content (AvgIpc) is 1.35. The molecule has 42 valence electrons. The van der Waals surface area contributed by atoms with E-state index < -0.39 is 9.05 Å². The van der Waals surface area contributed by atoms with E-state index in [0.717, 1.165) is 0 Å². The summed E-state index contributed by atoms with van der Waals surface area (Å²) in [4.78, 5) is 22.4. The van der Waals surface area contributed by atoms with Gasteiger partial charge in [0, 0.05) is 0 Å². The first-order valence-corrected chi connectivity index (χ1v) is 2.78. The molecule has 0 radical (unpaired) electrons. The van der Waals surface area contributed by atoms with Crippen LogP contribution in [0.4, 0.5) is 4.53 Å². The average molecular weight is 253 g/mol. The summed E-state index contributed by atoms with van der Waals surface area (Å²) in [6.07, 6.45) is 0. The van der Waals surface area contributed by atoms with E-state index in [9.17, 15) is 4.53 Å². The normalized spacial score (nSPS) is 10.3. The monoisotopic (exact) mass is 254 g/mol. The molecule has 0 saturated heterocycles. The maximum atomic E-state index is 10.3. The van der Waals surface area contributed by atoms with Crippen molar-refractivity contribution in [3.63, 3.8) is 0 Å². The third-order valence-electron chi connectivity index (χ3n) is 0.104. The first kappa shape index (κ1) is 11.4. The van der Waals surface area contributed by atoms with E-state index in [1.54, 1.807) is 0 Å². The van der Waals surface area contributed by atoms with Crippen LogP contribution in [0.5, 0.6) is 0 Å². The second-order valence-corrected chi connectivity index (χ2v) is 1.95. The van der Waals surface area contributed by atoms with E-state index in [1.807, 2.05) is 0 Å².